The van der Waals surface area contributed by atoms with Crippen LogP contribution in [0.5, 0.6) is 0 Å². The van der Waals surface area contributed by atoms with Gasteiger partial charge in [0.05, 0.1) is 12.1 Å². The van der Waals surface area contributed by atoms with Gasteiger partial charge >= 0.3 is 0 Å². The Labute approximate surface area is 86.8 Å². The van der Waals surface area contributed by atoms with E-state index in [1.54, 1.807) is 0 Å². The average Bonchev–Trinajstić information content (AvgIpc) is 2.97. The van der Waals surface area contributed by atoms with Crippen LogP contribution in [0.4, 0.5) is 8.78 Å². The molecule has 0 aromatic heterocycles. The molecule has 0 saturated heterocycles. The van der Waals surface area contributed by atoms with Gasteiger partial charge in [-0.3, -0.25) is 4.79 Å². The van der Waals surface area contributed by atoms with Crippen molar-refractivity contribution in [2.24, 2.45) is 11.7 Å². The summed E-state index contributed by atoms with van der Waals surface area (Å²) in [4.78, 5) is 11.5. The van der Waals surface area contributed by atoms with E-state index in [0.717, 1.165) is 12.8 Å². The normalized spacial score (nSPS) is 20.9. The first-order chi connectivity index (χ1) is 6.79. The molecule has 1 amide bonds. The molecular formula is C9H16F2N2O2. The van der Waals surface area contributed by atoms with Crippen LogP contribution >= 0.6 is 0 Å². The van der Waals surface area contributed by atoms with Gasteiger partial charge in [0.2, 0.25) is 5.91 Å². The summed E-state index contributed by atoms with van der Waals surface area (Å²) < 4.78 is 25.2. The van der Waals surface area contributed by atoms with Crippen LogP contribution in [0.2, 0.25) is 0 Å². The molecule has 1 aliphatic carbocycles. The predicted octanol–water partition coefficient (Wildman–Crippen LogP) is -0.142. The summed E-state index contributed by atoms with van der Waals surface area (Å²) in [6, 6.07) is 0. The molecule has 1 unspecified atom stereocenters. The van der Waals surface area contributed by atoms with Crippen LogP contribution in [0, 0.1) is 5.92 Å². The third-order valence-corrected chi connectivity index (χ3v) is 2.65. The first kappa shape index (κ1) is 12.3. The molecule has 0 spiro atoms. The fraction of sp³-hybridized carbons (Fsp3) is 0.889. The van der Waals surface area contributed by atoms with Crippen molar-refractivity contribution in [2.45, 2.75) is 31.2 Å². The van der Waals surface area contributed by atoms with Crippen LogP contribution in [-0.4, -0.2) is 35.6 Å². The number of hydrogen-bond donors (Lipinski definition) is 3. The molecule has 0 aromatic rings. The van der Waals surface area contributed by atoms with Gasteiger partial charge in [0.15, 0.2) is 0 Å². The van der Waals surface area contributed by atoms with E-state index in [2.05, 4.69) is 5.32 Å². The Morgan fingerprint density at radius 1 is 1.60 bits per heavy atom. The summed E-state index contributed by atoms with van der Waals surface area (Å²) in [5, 5.41) is 10.4. The molecule has 4 N–H and O–H groups in total. The predicted molar refractivity (Wildman–Crippen MR) is 50.4 cm³/mol. The zero-order valence-corrected chi connectivity index (χ0v) is 8.59. The van der Waals surface area contributed by atoms with Gasteiger partial charge in [-0.15, -0.1) is 0 Å². The third-order valence-electron chi connectivity index (χ3n) is 2.65. The van der Waals surface area contributed by atoms with Crippen LogP contribution in [0.3, 0.4) is 0 Å². The largest absolute Gasteiger partial charge is 0.390 e. The molecule has 1 atom stereocenters. The van der Waals surface area contributed by atoms with Gasteiger partial charge in [-0.25, -0.2) is 8.78 Å². The van der Waals surface area contributed by atoms with E-state index < -0.39 is 30.5 Å². The monoisotopic (exact) mass is 222 g/mol. The van der Waals surface area contributed by atoms with Crippen molar-refractivity contribution in [3.8, 4) is 0 Å². The third kappa shape index (κ3) is 3.10. The highest BCUT2D eigenvalue weighted by atomic mass is 19.3. The molecule has 0 heterocycles. The SMILES string of the molecule is CC(N)(C(=O)NCC(F)(F)CO)C1CC1. The summed E-state index contributed by atoms with van der Waals surface area (Å²) in [5.74, 6) is -3.78. The van der Waals surface area contributed by atoms with E-state index in [1.807, 2.05) is 0 Å². The molecule has 6 heteroatoms. The number of carbonyl (C=O) groups is 1. The topological polar surface area (TPSA) is 75.4 Å². The van der Waals surface area contributed by atoms with Crippen molar-refractivity contribution in [2.75, 3.05) is 13.2 Å². The highest BCUT2D eigenvalue weighted by Gasteiger charge is 2.44. The first-order valence-electron chi connectivity index (χ1n) is 4.85. The Kier molecular flexibility index (Phi) is 3.30. The molecule has 0 aromatic carbocycles. The van der Waals surface area contributed by atoms with E-state index >= 15 is 0 Å². The first-order valence-corrected chi connectivity index (χ1v) is 4.85. The second-order valence-corrected chi connectivity index (χ2v) is 4.25. The Bertz CT molecular complexity index is 252. The lowest BCUT2D eigenvalue weighted by Crippen LogP contribution is -2.55. The zero-order chi connectivity index (χ0) is 11.7. The van der Waals surface area contributed by atoms with Crippen LogP contribution in [0.1, 0.15) is 19.8 Å². The fourth-order valence-electron chi connectivity index (χ4n) is 1.32. The van der Waals surface area contributed by atoms with Gasteiger partial charge in [0.1, 0.15) is 6.61 Å². The smallest absolute Gasteiger partial charge is 0.287 e. The van der Waals surface area contributed by atoms with E-state index in [-0.39, 0.29) is 5.92 Å². The lowest BCUT2D eigenvalue weighted by Gasteiger charge is -2.24. The minimum absolute atomic E-state index is 0.0836. The molecule has 0 bridgehead atoms. The number of hydrogen-bond acceptors (Lipinski definition) is 3. The van der Waals surface area contributed by atoms with Gasteiger partial charge in [-0.2, -0.15) is 0 Å². The summed E-state index contributed by atoms with van der Waals surface area (Å²) in [6.07, 6.45) is 1.72. The lowest BCUT2D eigenvalue weighted by molar-refractivity contribution is -0.129. The molecule has 1 saturated carbocycles. The van der Waals surface area contributed by atoms with Crippen LogP contribution in [-0.2, 0) is 4.79 Å². The number of aliphatic hydroxyl groups excluding tert-OH is 1. The maximum absolute atomic E-state index is 12.6. The number of aliphatic hydroxyl groups is 1. The Morgan fingerprint density at radius 2 is 2.13 bits per heavy atom. The van der Waals surface area contributed by atoms with E-state index in [1.165, 1.54) is 6.92 Å². The van der Waals surface area contributed by atoms with E-state index in [4.69, 9.17) is 10.8 Å². The Morgan fingerprint density at radius 3 is 2.53 bits per heavy atom. The Hall–Kier alpha value is -0.750. The van der Waals surface area contributed by atoms with Gasteiger partial charge in [0.25, 0.3) is 5.92 Å². The second kappa shape index (κ2) is 4.02. The number of alkyl halides is 2. The number of halogens is 2. The molecule has 88 valence electrons. The molecule has 1 rings (SSSR count). The van der Waals surface area contributed by atoms with Gasteiger partial charge in [-0.05, 0) is 25.7 Å². The molecule has 1 fully saturated rings. The van der Waals surface area contributed by atoms with Crippen LogP contribution in [0.15, 0.2) is 0 Å². The van der Waals surface area contributed by atoms with Gasteiger partial charge < -0.3 is 16.2 Å². The Balaban J connectivity index is 2.42. The highest BCUT2D eigenvalue weighted by molar-refractivity contribution is 5.86. The highest BCUT2D eigenvalue weighted by Crippen LogP contribution is 2.38. The van der Waals surface area contributed by atoms with Crippen molar-refractivity contribution in [3.63, 3.8) is 0 Å². The maximum atomic E-state index is 12.6. The maximum Gasteiger partial charge on any atom is 0.287 e. The molecule has 0 radical (unpaired) electrons. The van der Waals surface area contributed by atoms with E-state index in [0.29, 0.717) is 0 Å². The number of nitrogens with one attached hydrogen (secondary N) is 1. The molecule has 0 aliphatic heterocycles. The molecule has 4 nitrogen and oxygen atoms in total. The molecular weight excluding hydrogens is 206 g/mol. The minimum atomic E-state index is -3.28. The second-order valence-electron chi connectivity index (χ2n) is 4.25. The number of rotatable bonds is 5. The van der Waals surface area contributed by atoms with Crippen molar-refractivity contribution in [1.82, 2.24) is 5.32 Å². The number of nitrogens with two attached hydrogens (primary N) is 1. The lowest BCUT2D eigenvalue weighted by atomic mass is 9.96. The van der Waals surface area contributed by atoms with Crippen LogP contribution in [0.25, 0.3) is 0 Å². The number of carbonyl (C=O) groups excluding carboxylic acids is 1. The standard InChI is InChI=1S/C9H16F2N2O2/c1-8(12,6-2-3-6)7(15)13-4-9(10,11)5-14/h6,14H,2-5,12H2,1H3,(H,13,15). The summed E-state index contributed by atoms with van der Waals surface area (Å²) in [5.41, 5.74) is 4.64. The molecule has 15 heavy (non-hydrogen) atoms. The van der Waals surface area contributed by atoms with Gasteiger partial charge in [-0.1, -0.05) is 0 Å². The summed E-state index contributed by atoms with van der Waals surface area (Å²) in [7, 11) is 0. The van der Waals surface area contributed by atoms with Gasteiger partial charge in [0, 0.05) is 0 Å². The number of amides is 1. The van der Waals surface area contributed by atoms with E-state index in [9.17, 15) is 13.6 Å². The van der Waals surface area contributed by atoms with Crippen molar-refractivity contribution >= 4 is 5.91 Å². The molecule has 1 aliphatic rings. The average molecular weight is 222 g/mol. The van der Waals surface area contributed by atoms with Crippen molar-refractivity contribution < 1.29 is 18.7 Å². The summed E-state index contributed by atoms with van der Waals surface area (Å²) >= 11 is 0. The van der Waals surface area contributed by atoms with Crippen LogP contribution < -0.4 is 11.1 Å². The van der Waals surface area contributed by atoms with Crippen molar-refractivity contribution in [3.05, 3.63) is 0 Å². The van der Waals surface area contributed by atoms with Crippen molar-refractivity contribution in [1.29, 1.82) is 0 Å². The zero-order valence-electron chi connectivity index (χ0n) is 8.59. The summed E-state index contributed by atoms with van der Waals surface area (Å²) in [6.45, 7) is -0.614. The minimum Gasteiger partial charge on any atom is -0.390 e. The quantitative estimate of drug-likeness (QED) is 0.606. The fourth-order valence-corrected chi connectivity index (χ4v) is 1.32.